The highest BCUT2D eigenvalue weighted by atomic mass is 16.2. The van der Waals surface area contributed by atoms with Gasteiger partial charge in [0.2, 0.25) is 5.91 Å². The molecular formula is C10H22N2O. The number of amides is 1. The van der Waals surface area contributed by atoms with Gasteiger partial charge in [-0.3, -0.25) is 4.79 Å². The number of nitrogens with two attached hydrogens (primary N) is 1. The van der Waals surface area contributed by atoms with Gasteiger partial charge in [0.1, 0.15) is 0 Å². The summed E-state index contributed by atoms with van der Waals surface area (Å²) in [6, 6.07) is -0.341. The summed E-state index contributed by atoms with van der Waals surface area (Å²) in [6.07, 6.45) is 0.990. The lowest BCUT2D eigenvalue weighted by Crippen LogP contribution is -2.46. The van der Waals surface area contributed by atoms with E-state index in [2.05, 4.69) is 6.92 Å². The number of carbonyl (C=O) groups is 1. The van der Waals surface area contributed by atoms with Crippen molar-refractivity contribution in [3.63, 3.8) is 0 Å². The van der Waals surface area contributed by atoms with Crippen molar-refractivity contribution in [2.75, 3.05) is 13.1 Å². The van der Waals surface area contributed by atoms with E-state index in [-0.39, 0.29) is 17.9 Å². The molecule has 0 aromatic rings. The van der Waals surface area contributed by atoms with Gasteiger partial charge in [-0.25, -0.2) is 0 Å². The fourth-order valence-electron chi connectivity index (χ4n) is 1.19. The van der Waals surface area contributed by atoms with Gasteiger partial charge in [0.15, 0.2) is 0 Å². The molecule has 0 aliphatic carbocycles. The van der Waals surface area contributed by atoms with Crippen molar-refractivity contribution in [3.05, 3.63) is 0 Å². The average Bonchev–Trinajstić information content (AvgIpc) is 2.11. The number of hydrogen-bond donors (Lipinski definition) is 1. The molecule has 0 spiro atoms. The van der Waals surface area contributed by atoms with Crippen LogP contribution in [0.2, 0.25) is 0 Å². The molecule has 2 N–H and O–H groups in total. The van der Waals surface area contributed by atoms with E-state index in [9.17, 15) is 4.79 Å². The first kappa shape index (κ1) is 12.4. The molecule has 0 fully saturated rings. The maximum absolute atomic E-state index is 11.7. The Labute approximate surface area is 81.3 Å². The average molecular weight is 186 g/mol. The van der Waals surface area contributed by atoms with Crippen molar-refractivity contribution in [2.45, 2.75) is 40.2 Å². The van der Waals surface area contributed by atoms with Gasteiger partial charge in [0.05, 0.1) is 6.04 Å². The molecule has 13 heavy (non-hydrogen) atoms. The molecule has 0 saturated carbocycles. The van der Waals surface area contributed by atoms with Gasteiger partial charge >= 0.3 is 0 Å². The van der Waals surface area contributed by atoms with E-state index in [0.717, 1.165) is 19.5 Å². The number of hydrogen-bond acceptors (Lipinski definition) is 2. The van der Waals surface area contributed by atoms with Crippen LogP contribution in [0.1, 0.15) is 34.1 Å². The van der Waals surface area contributed by atoms with E-state index in [4.69, 9.17) is 5.73 Å². The lowest BCUT2D eigenvalue weighted by Gasteiger charge is -2.25. The number of nitrogens with zero attached hydrogens (tertiary/aromatic N) is 1. The monoisotopic (exact) mass is 186 g/mol. The molecule has 78 valence electrons. The third-order valence-electron chi connectivity index (χ3n) is 2.19. The Morgan fingerprint density at radius 1 is 1.38 bits per heavy atom. The molecule has 0 aromatic carbocycles. The first-order chi connectivity index (χ1) is 6.04. The maximum atomic E-state index is 11.7. The Balaban J connectivity index is 4.19. The fourth-order valence-corrected chi connectivity index (χ4v) is 1.19. The Morgan fingerprint density at radius 2 is 1.92 bits per heavy atom. The summed E-state index contributed by atoms with van der Waals surface area (Å²) in [5.41, 5.74) is 5.78. The molecule has 0 bridgehead atoms. The third-order valence-corrected chi connectivity index (χ3v) is 2.19. The second-order valence-corrected chi connectivity index (χ2v) is 3.69. The van der Waals surface area contributed by atoms with Crippen LogP contribution < -0.4 is 5.73 Å². The minimum atomic E-state index is -0.341. The minimum absolute atomic E-state index is 0.0827. The Morgan fingerprint density at radius 3 is 2.23 bits per heavy atom. The molecule has 0 heterocycles. The van der Waals surface area contributed by atoms with Gasteiger partial charge in [-0.2, -0.15) is 0 Å². The van der Waals surface area contributed by atoms with Crippen LogP contribution in [0.4, 0.5) is 0 Å². The first-order valence-electron chi connectivity index (χ1n) is 5.08. The standard InChI is InChI=1S/C10H22N2O/c1-5-7-12(6-2)10(13)9(11)8(3)4/h8-9H,5-7,11H2,1-4H3. The van der Waals surface area contributed by atoms with E-state index >= 15 is 0 Å². The molecule has 0 radical (unpaired) electrons. The van der Waals surface area contributed by atoms with Gasteiger partial charge in [-0.05, 0) is 19.3 Å². The van der Waals surface area contributed by atoms with Crippen molar-refractivity contribution in [2.24, 2.45) is 11.7 Å². The lowest BCUT2D eigenvalue weighted by molar-refractivity contribution is -0.133. The summed E-state index contributed by atoms with van der Waals surface area (Å²) < 4.78 is 0. The molecule has 3 heteroatoms. The van der Waals surface area contributed by atoms with Crippen molar-refractivity contribution in [3.8, 4) is 0 Å². The predicted octanol–water partition coefficient (Wildman–Crippen LogP) is 1.23. The van der Waals surface area contributed by atoms with E-state index in [1.54, 1.807) is 0 Å². The molecule has 0 aliphatic rings. The van der Waals surface area contributed by atoms with Gasteiger partial charge in [-0.1, -0.05) is 20.8 Å². The van der Waals surface area contributed by atoms with E-state index < -0.39 is 0 Å². The quantitative estimate of drug-likeness (QED) is 0.702. The van der Waals surface area contributed by atoms with Gasteiger partial charge in [0, 0.05) is 13.1 Å². The van der Waals surface area contributed by atoms with Crippen molar-refractivity contribution in [1.82, 2.24) is 4.90 Å². The van der Waals surface area contributed by atoms with E-state index in [1.165, 1.54) is 0 Å². The smallest absolute Gasteiger partial charge is 0.239 e. The first-order valence-corrected chi connectivity index (χ1v) is 5.08. The van der Waals surface area contributed by atoms with Crippen molar-refractivity contribution >= 4 is 5.91 Å². The summed E-state index contributed by atoms with van der Waals surface area (Å²) in [5.74, 6) is 0.303. The Kier molecular flexibility index (Phi) is 5.71. The van der Waals surface area contributed by atoms with Crippen LogP contribution in [0.25, 0.3) is 0 Å². The van der Waals surface area contributed by atoms with E-state index in [1.807, 2.05) is 25.7 Å². The van der Waals surface area contributed by atoms with Crippen molar-refractivity contribution < 1.29 is 4.79 Å². The Hall–Kier alpha value is -0.570. The molecular weight excluding hydrogens is 164 g/mol. The van der Waals surface area contributed by atoms with Gasteiger partial charge in [0.25, 0.3) is 0 Å². The molecule has 0 aliphatic heterocycles. The molecule has 1 amide bonds. The molecule has 3 nitrogen and oxygen atoms in total. The summed E-state index contributed by atoms with van der Waals surface area (Å²) >= 11 is 0. The zero-order valence-corrected chi connectivity index (χ0v) is 9.21. The predicted molar refractivity (Wildman–Crippen MR) is 55.4 cm³/mol. The summed E-state index contributed by atoms with van der Waals surface area (Å²) in [5, 5.41) is 0. The highest BCUT2D eigenvalue weighted by Crippen LogP contribution is 2.03. The van der Waals surface area contributed by atoms with Crippen LogP contribution >= 0.6 is 0 Å². The third kappa shape index (κ3) is 3.77. The van der Waals surface area contributed by atoms with E-state index in [0.29, 0.717) is 0 Å². The van der Waals surface area contributed by atoms with Gasteiger partial charge in [-0.15, -0.1) is 0 Å². The van der Waals surface area contributed by atoms with Crippen molar-refractivity contribution in [1.29, 1.82) is 0 Å². The fraction of sp³-hybridized carbons (Fsp3) is 0.900. The molecule has 0 saturated heterocycles. The van der Waals surface area contributed by atoms with Gasteiger partial charge < -0.3 is 10.6 Å². The zero-order chi connectivity index (χ0) is 10.4. The van der Waals surface area contributed by atoms with Crippen LogP contribution in [-0.2, 0) is 4.79 Å². The number of rotatable bonds is 5. The molecule has 1 unspecified atom stereocenters. The number of carbonyl (C=O) groups excluding carboxylic acids is 1. The highest BCUT2D eigenvalue weighted by Gasteiger charge is 2.21. The second kappa shape index (κ2) is 5.97. The second-order valence-electron chi connectivity index (χ2n) is 3.69. The van der Waals surface area contributed by atoms with Crippen LogP contribution in [0.3, 0.4) is 0 Å². The highest BCUT2D eigenvalue weighted by molar-refractivity contribution is 5.81. The largest absolute Gasteiger partial charge is 0.342 e. The van der Waals surface area contributed by atoms with Crippen LogP contribution in [-0.4, -0.2) is 29.9 Å². The van der Waals surface area contributed by atoms with Crippen LogP contribution in [0.15, 0.2) is 0 Å². The SMILES string of the molecule is CCCN(CC)C(=O)C(N)C(C)C. The summed E-state index contributed by atoms with van der Waals surface area (Å²) in [6.45, 7) is 9.57. The van der Waals surface area contributed by atoms with Crippen LogP contribution in [0.5, 0.6) is 0 Å². The number of likely N-dealkylation sites (N-methyl/N-ethyl adjacent to an activating group) is 1. The molecule has 0 aromatic heterocycles. The normalized spacial score (nSPS) is 13.1. The molecule has 1 atom stereocenters. The summed E-state index contributed by atoms with van der Waals surface area (Å²) in [7, 11) is 0. The zero-order valence-electron chi connectivity index (χ0n) is 9.21. The summed E-state index contributed by atoms with van der Waals surface area (Å²) in [4.78, 5) is 13.5. The molecule has 0 rings (SSSR count). The maximum Gasteiger partial charge on any atom is 0.239 e. The minimum Gasteiger partial charge on any atom is -0.342 e. The topological polar surface area (TPSA) is 46.3 Å². The Bertz CT molecular complexity index is 157. The lowest BCUT2D eigenvalue weighted by atomic mass is 10.0. The van der Waals surface area contributed by atoms with Crippen LogP contribution in [0, 0.1) is 5.92 Å².